The molecular weight excluding hydrogens is 385 g/mol. The molecule has 1 nitrogen and oxygen atoms in total. The highest BCUT2D eigenvalue weighted by Crippen LogP contribution is 2.46. The summed E-state index contributed by atoms with van der Waals surface area (Å²) < 4.78 is 94.6. The van der Waals surface area contributed by atoms with Crippen molar-refractivity contribution in [2.75, 3.05) is 13.3 Å². The van der Waals surface area contributed by atoms with Gasteiger partial charge in [0.25, 0.3) is 0 Å². The van der Waals surface area contributed by atoms with Crippen molar-refractivity contribution in [2.24, 2.45) is 0 Å². The van der Waals surface area contributed by atoms with E-state index in [1.54, 1.807) is 0 Å². The molecule has 0 spiro atoms. The molecule has 22 heavy (non-hydrogen) atoms. The van der Waals surface area contributed by atoms with Crippen molar-refractivity contribution >= 4 is 22.0 Å². The third kappa shape index (κ3) is 2.59. The Morgan fingerprint density at radius 1 is 1.05 bits per heavy atom. The highest BCUT2D eigenvalue weighted by Gasteiger charge is 2.58. The van der Waals surface area contributed by atoms with Gasteiger partial charge < -0.3 is 4.74 Å². The number of halogens is 8. The Morgan fingerprint density at radius 3 is 2.14 bits per heavy atom. The minimum absolute atomic E-state index is 0.120. The van der Waals surface area contributed by atoms with E-state index in [4.69, 9.17) is 4.74 Å². The van der Waals surface area contributed by atoms with Crippen LogP contribution in [-0.4, -0.2) is 25.1 Å². The average Bonchev–Trinajstić information content (AvgIpc) is 2.44. The number of hydrogen-bond donors (Lipinski definition) is 0. The van der Waals surface area contributed by atoms with Gasteiger partial charge in [0.15, 0.2) is 5.60 Å². The van der Waals surface area contributed by atoms with Crippen molar-refractivity contribution in [1.82, 2.24) is 0 Å². The molecule has 0 saturated heterocycles. The smallest absolute Gasteiger partial charge is 0.458 e. The van der Waals surface area contributed by atoms with Crippen molar-refractivity contribution in [1.29, 1.82) is 0 Å². The molecule has 122 valence electrons. The van der Waals surface area contributed by atoms with E-state index in [-0.39, 0.29) is 15.8 Å². The number of ether oxygens (including phenoxy) is 1. The van der Waals surface area contributed by atoms with Gasteiger partial charge in [-0.1, -0.05) is 15.9 Å². The molecule has 0 fully saturated rings. The van der Waals surface area contributed by atoms with Gasteiger partial charge in [0.2, 0.25) is 0 Å². The van der Waals surface area contributed by atoms with Crippen molar-refractivity contribution in [3.05, 3.63) is 33.8 Å². The first-order valence-electron chi connectivity index (χ1n) is 5.85. The topological polar surface area (TPSA) is 9.23 Å². The second kappa shape index (κ2) is 5.43. The van der Waals surface area contributed by atoms with Gasteiger partial charge in [-0.3, -0.25) is 0 Å². The summed E-state index contributed by atoms with van der Waals surface area (Å²) in [6.07, 6.45) is -4.69. The predicted octanol–water partition coefficient (Wildman–Crippen LogP) is 5.15. The van der Waals surface area contributed by atoms with Gasteiger partial charge in [0.05, 0.1) is 0 Å². The molecule has 0 bridgehead atoms. The first-order valence-corrected chi connectivity index (χ1v) is 6.64. The van der Waals surface area contributed by atoms with Crippen LogP contribution in [0.5, 0.6) is 5.75 Å². The van der Waals surface area contributed by atoms with E-state index >= 15 is 0 Å². The zero-order valence-corrected chi connectivity index (χ0v) is 12.2. The van der Waals surface area contributed by atoms with Crippen molar-refractivity contribution in [3.63, 3.8) is 0 Å². The Hall–Kier alpha value is -1.25. The van der Waals surface area contributed by atoms with E-state index in [9.17, 15) is 30.7 Å². The largest absolute Gasteiger partial charge is 0.476 e. The SMILES string of the molecule is FCC1(CF)Oc2ccc(C(F)(F)C(F)(F)F)cc2C=C1Br. The summed E-state index contributed by atoms with van der Waals surface area (Å²) in [7, 11) is 0. The number of rotatable bonds is 3. The van der Waals surface area contributed by atoms with Crippen LogP contribution in [0.2, 0.25) is 0 Å². The molecule has 1 aromatic carbocycles. The van der Waals surface area contributed by atoms with Crippen LogP contribution in [0.25, 0.3) is 6.08 Å². The molecule has 1 aromatic rings. The molecule has 1 heterocycles. The highest BCUT2D eigenvalue weighted by atomic mass is 79.9. The molecule has 0 N–H and O–H groups in total. The monoisotopic (exact) mass is 392 g/mol. The standard InChI is InChI=1S/C13H8BrF7O/c14-10-4-7-3-8(12(17,18)13(19,20)21)1-2-9(7)22-11(10,5-15)6-16/h1-4H,5-6H2. The maximum absolute atomic E-state index is 13.3. The third-order valence-electron chi connectivity index (χ3n) is 3.18. The molecule has 0 unspecified atom stereocenters. The first-order chi connectivity index (χ1) is 10.1. The number of benzene rings is 1. The highest BCUT2D eigenvalue weighted by molar-refractivity contribution is 9.11. The minimum Gasteiger partial charge on any atom is -0.476 e. The van der Waals surface area contributed by atoms with E-state index < -0.39 is 36.6 Å². The third-order valence-corrected chi connectivity index (χ3v) is 4.13. The lowest BCUT2D eigenvalue weighted by Gasteiger charge is -2.33. The Morgan fingerprint density at radius 2 is 1.64 bits per heavy atom. The zero-order chi connectivity index (χ0) is 16.8. The van der Waals surface area contributed by atoms with Gasteiger partial charge in [-0.25, -0.2) is 8.78 Å². The quantitative estimate of drug-likeness (QED) is 0.646. The van der Waals surface area contributed by atoms with Gasteiger partial charge >= 0.3 is 12.1 Å². The number of hydrogen-bond acceptors (Lipinski definition) is 1. The second-order valence-electron chi connectivity index (χ2n) is 4.68. The summed E-state index contributed by atoms with van der Waals surface area (Å²) in [5, 5.41) is 0. The summed E-state index contributed by atoms with van der Waals surface area (Å²) >= 11 is 2.86. The molecule has 0 aromatic heterocycles. The molecular formula is C13H8BrF7O. The van der Waals surface area contributed by atoms with Crippen LogP contribution < -0.4 is 4.74 Å². The van der Waals surface area contributed by atoms with E-state index in [0.717, 1.165) is 12.1 Å². The molecule has 0 aliphatic carbocycles. The van der Waals surface area contributed by atoms with Crippen LogP contribution in [-0.2, 0) is 5.92 Å². The molecule has 1 aliphatic rings. The number of fused-ring (bicyclic) bond motifs is 1. The lowest BCUT2D eigenvalue weighted by atomic mass is 9.97. The van der Waals surface area contributed by atoms with E-state index in [2.05, 4.69) is 15.9 Å². The fourth-order valence-corrected chi connectivity index (χ4v) is 2.40. The summed E-state index contributed by atoms with van der Waals surface area (Å²) in [5.74, 6) is -5.22. The fraction of sp³-hybridized carbons (Fsp3) is 0.385. The van der Waals surface area contributed by atoms with Gasteiger partial charge in [0.1, 0.15) is 19.1 Å². The van der Waals surface area contributed by atoms with Crippen molar-refractivity contribution < 1.29 is 35.5 Å². The summed E-state index contributed by atoms with van der Waals surface area (Å²) in [6, 6.07) is 1.92. The lowest BCUT2D eigenvalue weighted by Crippen LogP contribution is -2.43. The Kier molecular flexibility index (Phi) is 4.23. The van der Waals surface area contributed by atoms with Gasteiger partial charge in [-0.2, -0.15) is 22.0 Å². The Balaban J connectivity index is 2.49. The summed E-state index contributed by atoms with van der Waals surface area (Å²) in [6.45, 7) is -2.47. The van der Waals surface area contributed by atoms with E-state index in [0.29, 0.717) is 12.1 Å². The van der Waals surface area contributed by atoms with Gasteiger partial charge in [0, 0.05) is 15.6 Å². The zero-order valence-electron chi connectivity index (χ0n) is 10.7. The molecule has 9 heteroatoms. The lowest BCUT2D eigenvalue weighted by molar-refractivity contribution is -0.289. The molecule has 0 radical (unpaired) electrons. The van der Waals surface area contributed by atoms with Crippen LogP contribution >= 0.6 is 15.9 Å². The second-order valence-corrected chi connectivity index (χ2v) is 5.53. The van der Waals surface area contributed by atoms with Crippen molar-refractivity contribution in [3.8, 4) is 5.75 Å². The Labute approximate surface area is 128 Å². The summed E-state index contributed by atoms with van der Waals surface area (Å²) in [5.41, 5.74) is -3.36. The molecule has 2 rings (SSSR count). The molecule has 0 atom stereocenters. The van der Waals surface area contributed by atoms with E-state index in [1.807, 2.05) is 0 Å². The minimum atomic E-state index is -5.75. The first kappa shape index (κ1) is 17.1. The molecule has 0 saturated carbocycles. The van der Waals surface area contributed by atoms with Gasteiger partial charge in [-0.05, 0) is 24.3 Å². The summed E-state index contributed by atoms with van der Waals surface area (Å²) in [4.78, 5) is 0. The maximum atomic E-state index is 13.3. The average molecular weight is 393 g/mol. The number of alkyl halides is 7. The normalized spacial score (nSPS) is 17.5. The fourth-order valence-electron chi connectivity index (χ4n) is 1.86. The van der Waals surface area contributed by atoms with Crippen molar-refractivity contribution in [2.45, 2.75) is 17.7 Å². The maximum Gasteiger partial charge on any atom is 0.458 e. The van der Waals surface area contributed by atoms with E-state index in [1.165, 1.54) is 0 Å². The van der Waals surface area contributed by atoms with Crippen LogP contribution in [0.4, 0.5) is 30.7 Å². The molecule has 1 aliphatic heterocycles. The predicted molar refractivity (Wildman–Crippen MR) is 68.6 cm³/mol. The van der Waals surface area contributed by atoms with Crippen LogP contribution in [0.1, 0.15) is 11.1 Å². The Bertz CT molecular complexity index is 605. The van der Waals surface area contributed by atoms with Crippen LogP contribution in [0, 0.1) is 0 Å². The van der Waals surface area contributed by atoms with Gasteiger partial charge in [-0.15, -0.1) is 0 Å². The van der Waals surface area contributed by atoms with Crippen LogP contribution in [0.15, 0.2) is 22.7 Å². The molecule has 0 amide bonds. The van der Waals surface area contributed by atoms with Crippen LogP contribution in [0.3, 0.4) is 0 Å².